The number of rotatable bonds is 3. The molecule has 0 unspecified atom stereocenters. The topological polar surface area (TPSA) is 98.1 Å². The molecule has 4 aromatic rings. The molecule has 0 aliphatic carbocycles. The quantitative estimate of drug-likeness (QED) is 0.555. The van der Waals surface area contributed by atoms with Gasteiger partial charge in [-0.25, -0.2) is 4.98 Å². The van der Waals surface area contributed by atoms with Gasteiger partial charge in [0.05, 0.1) is 22.1 Å². The summed E-state index contributed by atoms with van der Waals surface area (Å²) in [5.74, 6) is -0.284. The molecule has 26 heavy (non-hydrogen) atoms. The Morgan fingerprint density at radius 2 is 2.08 bits per heavy atom. The number of amides is 1. The number of hydrogen-bond acceptors (Lipinski definition) is 5. The fourth-order valence-electron chi connectivity index (χ4n) is 2.76. The lowest BCUT2D eigenvalue weighted by Gasteiger charge is -2.03. The Morgan fingerprint density at radius 1 is 1.35 bits per heavy atom. The first kappa shape index (κ1) is 16.7. The number of anilines is 1. The molecule has 0 bridgehead atoms. The van der Waals surface area contributed by atoms with Gasteiger partial charge in [0.2, 0.25) is 5.91 Å². The Hall–Kier alpha value is -2.71. The molecule has 0 saturated carbocycles. The van der Waals surface area contributed by atoms with Gasteiger partial charge in [-0.1, -0.05) is 23.2 Å². The van der Waals surface area contributed by atoms with Crippen LogP contribution in [-0.2, 0) is 18.4 Å². The molecule has 1 amide bonds. The number of carbonyl (C=O) groups excluding carboxylic acids is 1. The van der Waals surface area contributed by atoms with Crippen LogP contribution < -0.4 is 5.32 Å². The lowest BCUT2D eigenvalue weighted by atomic mass is 10.3. The zero-order valence-electron chi connectivity index (χ0n) is 13.7. The Kier molecular flexibility index (Phi) is 3.82. The van der Waals surface area contributed by atoms with E-state index in [1.54, 1.807) is 29.2 Å². The van der Waals surface area contributed by atoms with Gasteiger partial charge in [0, 0.05) is 13.1 Å². The fraction of sp³-hybridized carbons (Fsp3) is 0.188. The van der Waals surface area contributed by atoms with Crippen LogP contribution in [0.4, 0.5) is 6.01 Å². The monoisotopic (exact) mass is 393 g/mol. The maximum absolute atomic E-state index is 12.3. The number of hydrogen-bond donors (Lipinski definition) is 2. The molecule has 0 radical (unpaired) electrons. The number of nitrogens with zero attached hydrogens (tertiary/aromatic N) is 4. The molecule has 0 spiro atoms. The number of aromatic nitrogens is 4. The number of benzene rings is 1. The third-order valence-corrected chi connectivity index (χ3v) is 4.92. The molecule has 8 nitrogen and oxygen atoms in total. The second kappa shape index (κ2) is 5.93. The number of aromatic hydroxyl groups is 1. The van der Waals surface area contributed by atoms with Crippen LogP contribution in [0.15, 0.2) is 22.9 Å². The van der Waals surface area contributed by atoms with Gasteiger partial charge in [-0.3, -0.25) is 10.1 Å². The molecular formula is C16H13Cl2N5O3. The summed E-state index contributed by atoms with van der Waals surface area (Å²) in [6.45, 7) is 1.71. The number of carbonyl (C=O) groups is 1. The standard InChI is InChI=1S/C16H13Cl2N5O3/c1-7-14(25)13-15(22(7)2)19-6-23(13)5-12(24)21-16-20-10-3-8(17)9(18)4-11(10)26-16/h3-4,6,25H,5H2,1-2H3,(H,20,21,24). The normalized spacial score (nSPS) is 11.5. The summed E-state index contributed by atoms with van der Waals surface area (Å²) >= 11 is 11.9. The van der Waals surface area contributed by atoms with E-state index < -0.39 is 0 Å². The predicted octanol–water partition coefficient (Wildman–Crippen LogP) is 3.48. The van der Waals surface area contributed by atoms with E-state index in [4.69, 9.17) is 27.6 Å². The smallest absolute Gasteiger partial charge is 0.302 e. The number of imidazole rings is 1. The van der Waals surface area contributed by atoms with Crippen LogP contribution in [0.25, 0.3) is 22.3 Å². The predicted molar refractivity (Wildman–Crippen MR) is 97.8 cm³/mol. The molecule has 10 heteroatoms. The van der Waals surface area contributed by atoms with Crippen molar-refractivity contribution in [2.24, 2.45) is 7.05 Å². The number of halogens is 2. The van der Waals surface area contributed by atoms with E-state index in [1.165, 1.54) is 12.4 Å². The molecule has 3 heterocycles. The van der Waals surface area contributed by atoms with Crippen LogP contribution in [0.5, 0.6) is 5.75 Å². The number of oxazole rings is 1. The average molecular weight is 394 g/mol. The first-order chi connectivity index (χ1) is 12.3. The SMILES string of the molecule is Cc1c(O)c2c(ncn2CC(=O)Nc2nc3cc(Cl)c(Cl)cc3o2)n1C. The van der Waals surface area contributed by atoms with Crippen molar-refractivity contribution in [3.05, 3.63) is 34.2 Å². The van der Waals surface area contributed by atoms with Crippen molar-refractivity contribution in [1.29, 1.82) is 0 Å². The second-order valence-electron chi connectivity index (χ2n) is 5.84. The van der Waals surface area contributed by atoms with Crippen LogP contribution >= 0.6 is 23.2 Å². The van der Waals surface area contributed by atoms with Crippen molar-refractivity contribution in [1.82, 2.24) is 19.1 Å². The van der Waals surface area contributed by atoms with Gasteiger partial charge >= 0.3 is 6.01 Å². The van der Waals surface area contributed by atoms with Crippen LogP contribution in [0.1, 0.15) is 5.69 Å². The maximum atomic E-state index is 12.3. The van der Waals surface area contributed by atoms with E-state index in [0.29, 0.717) is 38.0 Å². The van der Waals surface area contributed by atoms with E-state index in [2.05, 4.69) is 15.3 Å². The minimum absolute atomic E-state index is 0.0353. The molecule has 0 fully saturated rings. The molecule has 1 aromatic carbocycles. The Morgan fingerprint density at radius 3 is 2.85 bits per heavy atom. The first-order valence-electron chi connectivity index (χ1n) is 7.59. The summed E-state index contributed by atoms with van der Waals surface area (Å²) in [5.41, 5.74) is 2.66. The van der Waals surface area contributed by atoms with Gasteiger partial charge in [-0.15, -0.1) is 0 Å². The van der Waals surface area contributed by atoms with Crippen molar-refractivity contribution in [2.75, 3.05) is 5.32 Å². The zero-order valence-corrected chi connectivity index (χ0v) is 15.3. The van der Waals surface area contributed by atoms with Gasteiger partial charge < -0.3 is 18.7 Å². The van der Waals surface area contributed by atoms with Gasteiger partial charge in [0.25, 0.3) is 0 Å². The largest absolute Gasteiger partial charge is 0.504 e. The maximum Gasteiger partial charge on any atom is 0.302 e. The Labute approximate surface area is 156 Å². The minimum atomic E-state index is -0.381. The Balaban J connectivity index is 1.59. The summed E-state index contributed by atoms with van der Waals surface area (Å²) in [6.07, 6.45) is 1.50. The highest BCUT2D eigenvalue weighted by atomic mass is 35.5. The van der Waals surface area contributed by atoms with Crippen LogP contribution in [-0.4, -0.2) is 30.1 Å². The van der Waals surface area contributed by atoms with Crippen LogP contribution in [0, 0.1) is 6.92 Å². The third-order valence-electron chi connectivity index (χ3n) is 4.20. The molecule has 4 rings (SSSR count). The molecular weight excluding hydrogens is 381 g/mol. The first-order valence-corrected chi connectivity index (χ1v) is 8.35. The van der Waals surface area contributed by atoms with E-state index in [0.717, 1.165) is 0 Å². The van der Waals surface area contributed by atoms with Crippen molar-refractivity contribution in [2.45, 2.75) is 13.5 Å². The lowest BCUT2D eigenvalue weighted by molar-refractivity contribution is -0.116. The highest BCUT2D eigenvalue weighted by Gasteiger charge is 2.19. The van der Waals surface area contributed by atoms with Crippen molar-refractivity contribution in [3.63, 3.8) is 0 Å². The van der Waals surface area contributed by atoms with Gasteiger partial charge in [-0.05, 0) is 13.0 Å². The van der Waals surface area contributed by atoms with E-state index in [9.17, 15) is 9.90 Å². The number of fused-ring (bicyclic) bond motifs is 2. The number of aryl methyl sites for hydroxylation is 1. The third kappa shape index (κ3) is 2.58. The highest BCUT2D eigenvalue weighted by Crippen LogP contribution is 2.31. The molecule has 3 aromatic heterocycles. The van der Waals surface area contributed by atoms with E-state index >= 15 is 0 Å². The van der Waals surface area contributed by atoms with Crippen LogP contribution in [0.3, 0.4) is 0 Å². The molecule has 0 aliphatic heterocycles. The lowest BCUT2D eigenvalue weighted by Crippen LogP contribution is -2.18. The van der Waals surface area contributed by atoms with Gasteiger partial charge in [-0.2, -0.15) is 4.98 Å². The summed E-state index contributed by atoms with van der Waals surface area (Å²) in [5, 5.41) is 13.5. The van der Waals surface area contributed by atoms with E-state index in [1.807, 2.05) is 0 Å². The molecule has 0 atom stereocenters. The summed E-state index contributed by atoms with van der Waals surface area (Å²) in [7, 11) is 1.80. The number of nitrogens with one attached hydrogen (secondary N) is 1. The molecule has 134 valence electrons. The van der Waals surface area contributed by atoms with Crippen molar-refractivity contribution < 1.29 is 14.3 Å². The Bertz CT molecular complexity index is 1140. The van der Waals surface area contributed by atoms with E-state index in [-0.39, 0.29) is 24.2 Å². The summed E-state index contributed by atoms with van der Waals surface area (Å²) in [4.78, 5) is 20.7. The highest BCUT2D eigenvalue weighted by molar-refractivity contribution is 6.42. The summed E-state index contributed by atoms with van der Waals surface area (Å²) < 4.78 is 8.78. The molecule has 0 aliphatic rings. The van der Waals surface area contributed by atoms with Gasteiger partial charge in [0.15, 0.2) is 17.0 Å². The summed E-state index contributed by atoms with van der Waals surface area (Å²) in [6, 6.07) is 3.13. The molecule has 2 N–H and O–H groups in total. The van der Waals surface area contributed by atoms with Crippen molar-refractivity contribution in [3.8, 4) is 5.75 Å². The second-order valence-corrected chi connectivity index (χ2v) is 6.65. The molecule has 0 saturated heterocycles. The minimum Gasteiger partial charge on any atom is -0.504 e. The average Bonchev–Trinajstić information content (AvgIpc) is 3.21. The van der Waals surface area contributed by atoms with Crippen LogP contribution in [0.2, 0.25) is 10.0 Å². The fourth-order valence-corrected chi connectivity index (χ4v) is 3.07. The van der Waals surface area contributed by atoms with Crippen molar-refractivity contribution >= 4 is 57.4 Å². The zero-order chi connectivity index (χ0) is 18.6. The van der Waals surface area contributed by atoms with Gasteiger partial charge in [0.1, 0.15) is 17.6 Å².